The average Bonchev–Trinajstić information content (AvgIpc) is 3.07. The minimum absolute atomic E-state index is 0.144. The van der Waals surface area contributed by atoms with Gasteiger partial charge in [-0.2, -0.15) is 0 Å². The van der Waals surface area contributed by atoms with E-state index >= 15 is 0 Å². The highest BCUT2D eigenvalue weighted by Gasteiger charge is 2.36. The van der Waals surface area contributed by atoms with Crippen molar-refractivity contribution in [1.29, 1.82) is 0 Å². The highest BCUT2D eigenvalue weighted by Crippen LogP contribution is 2.36. The zero-order valence-electron chi connectivity index (χ0n) is 15.8. The van der Waals surface area contributed by atoms with E-state index in [9.17, 15) is 13.2 Å². The number of anilines is 1. The number of piperidine rings is 1. The van der Waals surface area contributed by atoms with Gasteiger partial charge in [0.1, 0.15) is 17.4 Å². The molecule has 0 aliphatic carbocycles. The third-order valence-electron chi connectivity index (χ3n) is 5.25. The Morgan fingerprint density at radius 1 is 1.25 bits per heavy atom. The van der Waals surface area contributed by atoms with Crippen molar-refractivity contribution in [1.82, 2.24) is 9.29 Å². The van der Waals surface area contributed by atoms with E-state index in [0.717, 1.165) is 21.1 Å². The fourth-order valence-corrected chi connectivity index (χ4v) is 5.44. The van der Waals surface area contributed by atoms with E-state index in [1.807, 2.05) is 18.2 Å². The van der Waals surface area contributed by atoms with Crippen molar-refractivity contribution in [3.8, 4) is 5.75 Å². The molecule has 2 aliphatic heterocycles. The monoisotopic (exact) mass is 425 g/mol. The molecule has 0 N–H and O–H groups in total. The Kier molecular flexibility index (Phi) is 5.19. The predicted octanol–water partition coefficient (Wildman–Crippen LogP) is 1.71. The highest BCUT2D eigenvalue weighted by atomic mass is 32.2. The molecule has 0 atom stereocenters. The van der Waals surface area contributed by atoms with Crippen LogP contribution in [0.5, 0.6) is 5.75 Å². The highest BCUT2D eigenvalue weighted by molar-refractivity contribution is 7.88. The van der Waals surface area contributed by atoms with Crippen LogP contribution in [0.3, 0.4) is 0 Å². The van der Waals surface area contributed by atoms with Gasteiger partial charge in [-0.3, -0.25) is 4.79 Å². The molecular weight excluding hydrogens is 402 g/mol. The molecule has 0 saturated carbocycles. The van der Waals surface area contributed by atoms with Crippen molar-refractivity contribution < 1.29 is 22.7 Å². The summed E-state index contributed by atoms with van der Waals surface area (Å²) in [5.41, 5.74) is 0.850. The number of rotatable bonds is 5. The Labute approximate surface area is 168 Å². The van der Waals surface area contributed by atoms with E-state index < -0.39 is 10.0 Å². The number of sulfonamides is 1. The van der Waals surface area contributed by atoms with E-state index in [1.165, 1.54) is 10.6 Å². The average molecular weight is 426 g/mol. The third kappa shape index (κ3) is 3.81. The third-order valence-corrected chi connectivity index (χ3v) is 7.63. The summed E-state index contributed by atoms with van der Waals surface area (Å²) in [5, 5.41) is 0.897. The van der Waals surface area contributed by atoms with Crippen LogP contribution in [0.25, 0.3) is 10.2 Å². The number of esters is 1. The molecule has 0 bridgehead atoms. The summed E-state index contributed by atoms with van der Waals surface area (Å²) < 4.78 is 36.6. The number of hydrogen-bond acceptors (Lipinski definition) is 8. The molecule has 28 heavy (non-hydrogen) atoms. The fraction of sp³-hybridized carbons (Fsp3) is 0.556. The quantitative estimate of drug-likeness (QED) is 0.674. The van der Waals surface area contributed by atoms with Crippen LogP contribution in [0.4, 0.5) is 5.13 Å². The van der Waals surface area contributed by atoms with Crippen LogP contribution < -0.4 is 9.64 Å². The Morgan fingerprint density at radius 3 is 2.61 bits per heavy atom. The number of aromatic nitrogens is 1. The first-order valence-corrected chi connectivity index (χ1v) is 11.9. The summed E-state index contributed by atoms with van der Waals surface area (Å²) in [5.74, 6) is 0.312. The Morgan fingerprint density at radius 2 is 1.96 bits per heavy atom. The number of methoxy groups -OCH3 is 1. The molecule has 2 fully saturated rings. The maximum absolute atomic E-state index is 12.4. The van der Waals surface area contributed by atoms with Gasteiger partial charge in [-0.25, -0.2) is 17.7 Å². The standard InChI is InChI=1S/C18H23N3O5S2/c1-25-14-4-3-5-15-16(14)19-18(27-15)20-10-13(11-20)26-17(22)12-6-8-21(9-7-12)28(2,23)24/h3-5,12-13H,6-11H2,1-2H3. The zero-order valence-corrected chi connectivity index (χ0v) is 17.5. The summed E-state index contributed by atoms with van der Waals surface area (Å²) in [6.45, 7) is 2.00. The lowest BCUT2D eigenvalue weighted by molar-refractivity contribution is -0.156. The number of carbonyl (C=O) groups excluding carboxylic acids is 1. The molecule has 1 aromatic carbocycles. The summed E-state index contributed by atoms with van der Waals surface area (Å²) >= 11 is 1.59. The van der Waals surface area contributed by atoms with Crippen molar-refractivity contribution in [3.05, 3.63) is 18.2 Å². The normalized spacial score (nSPS) is 19.6. The van der Waals surface area contributed by atoms with Gasteiger partial charge in [0.05, 0.1) is 37.1 Å². The van der Waals surface area contributed by atoms with E-state index in [0.29, 0.717) is 39.0 Å². The van der Waals surface area contributed by atoms with Crippen LogP contribution in [-0.4, -0.2) is 69.3 Å². The Bertz CT molecular complexity index is 976. The smallest absolute Gasteiger partial charge is 0.309 e. The SMILES string of the molecule is COc1cccc2sc(N3CC(OC(=O)C4CCN(S(C)(=O)=O)CC4)C3)nc12. The van der Waals surface area contributed by atoms with Crippen molar-refractivity contribution in [3.63, 3.8) is 0 Å². The van der Waals surface area contributed by atoms with Crippen molar-refractivity contribution in [2.24, 2.45) is 5.92 Å². The largest absolute Gasteiger partial charge is 0.494 e. The number of fused-ring (bicyclic) bond motifs is 1. The van der Waals surface area contributed by atoms with Gasteiger partial charge < -0.3 is 14.4 Å². The zero-order chi connectivity index (χ0) is 19.9. The van der Waals surface area contributed by atoms with Crippen LogP contribution in [0.15, 0.2) is 18.2 Å². The minimum Gasteiger partial charge on any atom is -0.494 e. The van der Waals surface area contributed by atoms with Crippen molar-refractivity contribution in [2.75, 3.05) is 44.4 Å². The number of thiazole rings is 1. The van der Waals surface area contributed by atoms with Crippen LogP contribution in [-0.2, 0) is 19.6 Å². The molecule has 2 aliphatic rings. The van der Waals surface area contributed by atoms with Gasteiger partial charge >= 0.3 is 5.97 Å². The molecule has 10 heteroatoms. The lowest BCUT2D eigenvalue weighted by Crippen LogP contribution is -2.54. The Hall–Kier alpha value is -1.91. The second-order valence-electron chi connectivity index (χ2n) is 7.20. The molecule has 4 rings (SSSR count). The summed E-state index contributed by atoms with van der Waals surface area (Å²) in [7, 11) is -1.55. The first-order chi connectivity index (χ1) is 13.3. The lowest BCUT2D eigenvalue weighted by Gasteiger charge is -2.39. The van der Waals surface area contributed by atoms with Gasteiger partial charge in [-0.15, -0.1) is 0 Å². The molecule has 0 radical (unpaired) electrons. The van der Waals surface area contributed by atoms with Crippen LogP contribution in [0.1, 0.15) is 12.8 Å². The van der Waals surface area contributed by atoms with Gasteiger partial charge in [0.15, 0.2) is 5.13 Å². The summed E-state index contributed by atoms with van der Waals surface area (Å²) in [6, 6.07) is 5.85. The lowest BCUT2D eigenvalue weighted by atomic mass is 9.98. The number of nitrogens with zero attached hydrogens (tertiary/aromatic N) is 3. The van der Waals surface area contributed by atoms with Gasteiger partial charge in [0, 0.05) is 13.1 Å². The van der Waals surface area contributed by atoms with Gasteiger partial charge in [-0.05, 0) is 25.0 Å². The molecule has 1 aromatic heterocycles. The topological polar surface area (TPSA) is 89.0 Å². The Balaban J connectivity index is 1.30. The van der Waals surface area contributed by atoms with Crippen molar-refractivity contribution >= 4 is 42.7 Å². The molecule has 8 nitrogen and oxygen atoms in total. The van der Waals surface area contributed by atoms with E-state index in [4.69, 9.17) is 9.47 Å². The summed E-state index contributed by atoms with van der Waals surface area (Å²) in [4.78, 5) is 19.1. The molecule has 0 amide bonds. The molecule has 152 valence electrons. The van der Waals surface area contributed by atoms with E-state index in [2.05, 4.69) is 9.88 Å². The first kappa shape index (κ1) is 19.4. The minimum atomic E-state index is -3.19. The molecule has 2 aromatic rings. The van der Waals surface area contributed by atoms with Crippen molar-refractivity contribution in [2.45, 2.75) is 18.9 Å². The molecule has 0 unspecified atom stereocenters. The van der Waals surface area contributed by atoms with E-state index in [1.54, 1.807) is 18.4 Å². The van der Waals surface area contributed by atoms with Gasteiger partial charge in [0.25, 0.3) is 0 Å². The van der Waals surface area contributed by atoms with Gasteiger partial charge in [-0.1, -0.05) is 17.4 Å². The maximum atomic E-state index is 12.4. The van der Waals surface area contributed by atoms with Crippen LogP contribution in [0, 0.1) is 5.92 Å². The fourth-order valence-electron chi connectivity index (χ4n) is 3.56. The van der Waals surface area contributed by atoms with Crippen LogP contribution in [0.2, 0.25) is 0 Å². The molecule has 2 saturated heterocycles. The second kappa shape index (κ2) is 7.49. The van der Waals surface area contributed by atoms with Crippen LogP contribution >= 0.6 is 11.3 Å². The maximum Gasteiger partial charge on any atom is 0.309 e. The number of para-hydroxylation sites is 1. The second-order valence-corrected chi connectivity index (χ2v) is 10.2. The van der Waals surface area contributed by atoms with Gasteiger partial charge in [0.2, 0.25) is 10.0 Å². The summed E-state index contributed by atoms with van der Waals surface area (Å²) in [6.07, 6.45) is 2.08. The van der Waals surface area contributed by atoms with E-state index in [-0.39, 0.29) is 18.0 Å². The number of hydrogen-bond donors (Lipinski definition) is 0. The molecule has 0 spiro atoms. The number of ether oxygens (including phenoxy) is 2. The predicted molar refractivity (Wildman–Crippen MR) is 107 cm³/mol. The molecule has 3 heterocycles. The first-order valence-electron chi connectivity index (χ1n) is 9.19. The molecular formula is C18H23N3O5S2. The number of benzene rings is 1. The number of carbonyl (C=O) groups is 1.